The lowest BCUT2D eigenvalue weighted by molar-refractivity contribution is 0.848. The molecule has 0 bridgehead atoms. The molecule has 0 saturated heterocycles. The van der Waals surface area contributed by atoms with E-state index in [1.54, 1.807) is 0 Å². The van der Waals surface area contributed by atoms with Crippen LogP contribution in [0.3, 0.4) is 0 Å². The largest absolute Gasteiger partial charge is 0.370 e. The summed E-state index contributed by atoms with van der Waals surface area (Å²) < 4.78 is 0. The molecule has 0 atom stereocenters. The fourth-order valence-electron chi connectivity index (χ4n) is 1.85. The molecule has 0 aliphatic heterocycles. The predicted molar refractivity (Wildman–Crippen MR) is 100 cm³/mol. The molecule has 0 aliphatic rings. The van der Waals surface area contributed by atoms with Crippen molar-refractivity contribution in [2.45, 2.75) is 13.0 Å². The van der Waals surface area contributed by atoms with Crippen LogP contribution in [0.5, 0.6) is 0 Å². The number of nitrogens with one attached hydrogen (secondary N) is 1. The Morgan fingerprint density at radius 1 is 1.05 bits per heavy atom. The minimum atomic E-state index is 0. The molecule has 2 aromatic carbocycles. The van der Waals surface area contributed by atoms with E-state index in [0.717, 1.165) is 18.5 Å². The Morgan fingerprint density at radius 3 is 2.48 bits per heavy atom. The smallest absolute Gasteiger partial charge is 0.188 e. The van der Waals surface area contributed by atoms with Crippen molar-refractivity contribution in [1.29, 1.82) is 0 Å². The van der Waals surface area contributed by atoms with Gasteiger partial charge in [0.1, 0.15) is 0 Å². The van der Waals surface area contributed by atoms with Gasteiger partial charge in [-0.15, -0.1) is 24.0 Å². The number of nitrogens with two attached hydrogens (primary N) is 1. The molecule has 3 N–H and O–H groups in total. The van der Waals surface area contributed by atoms with E-state index in [1.165, 1.54) is 5.56 Å². The first kappa shape index (κ1) is 17.8. The lowest BCUT2D eigenvalue weighted by Crippen LogP contribution is -2.33. The molecule has 5 heteroatoms. The van der Waals surface area contributed by atoms with Crippen LogP contribution in [0.4, 0.5) is 0 Å². The highest BCUT2D eigenvalue weighted by Gasteiger charge is 1.96. The molecule has 0 unspecified atom stereocenters. The highest BCUT2D eigenvalue weighted by atomic mass is 127. The lowest BCUT2D eigenvalue weighted by atomic mass is 10.1. The van der Waals surface area contributed by atoms with E-state index in [4.69, 9.17) is 17.3 Å². The summed E-state index contributed by atoms with van der Waals surface area (Å²) >= 11 is 5.92. The first-order valence-electron chi connectivity index (χ1n) is 6.56. The zero-order chi connectivity index (χ0) is 14.2. The van der Waals surface area contributed by atoms with E-state index in [9.17, 15) is 0 Å². The first-order valence-corrected chi connectivity index (χ1v) is 6.94. The summed E-state index contributed by atoms with van der Waals surface area (Å²) in [6.07, 6.45) is 0.925. The molecule has 21 heavy (non-hydrogen) atoms. The number of hydrogen-bond donors (Lipinski definition) is 2. The third kappa shape index (κ3) is 6.82. The molecule has 2 rings (SSSR count). The van der Waals surface area contributed by atoms with Gasteiger partial charge in [-0.2, -0.15) is 0 Å². The first-order chi connectivity index (χ1) is 9.74. The zero-order valence-electron chi connectivity index (χ0n) is 11.6. The Hall–Kier alpha value is -1.27. The molecule has 0 aliphatic carbocycles. The fraction of sp³-hybridized carbons (Fsp3) is 0.188. The topological polar surface area (TPSA) is 50.4 Å². The molecule has 0 amide bonds. The fourth-order valence-corrected chi connectivity index (χ4v) is 2.06. The highest BCUT2D eigenvalue weighted by Crippen LogP contribution is 2.11. The average molecular weight is 416 g/mol. The molecule has 2 aromatic rings. The summed E-state index contributed by atoms with van der Waals surface area (Å²) in [6.45, 7) is 1.31. The van der Waals surface area contributed by atoms with Crippen LogP contribution in [-0.2, 0) is 13.0 Å². The van der Waals surface area contributed by atoms with Crippen LogP contribution in [-0.4, -0.2) is 12.5 Å². The Morgan fingerprint density at radius 2 is 1.76 bits per heavy atom. The van der Waals surface area contributed by atoms with Crippen molar-refractivity contribution in [2.75, 3.05) is 6.54 Å². The van der Waals surface area contributed by atoms with Crippen LogP contribution in [0.2, 0.25) is 5.02 Å². The van der Waals surface area contributed by atoms with E-state index < -0.39 is 0 Å². The Bertz CT molecular complexity index is 573. The summed E-state index contributed by atoms with van der Waals surface area (Å²) in [5.41, 5.74) is 8.16. The monoisotopic (exact) mass is 415 g/mol. The van der Waals surface area contributed by atoms with Crippen LogP contribution < -0.4 is 11.1 Å². The van der Waals surface area contributed by atoms with E-state index >= 15 is 0 Å². The third-order valence-electron chi connectivity index (χ3n) is 2.88. The predicted octanol–water partition coefficient (Wildman–Crippen LogP) is 3.61. The van der Waals surface area contributed by atoms with Gasteiger partial charge >= 0.3 is 0 Å². The van der Waals surface area contributed by atoms with Crippen molar-refractivity contribution in [2.24, 2.45) is 10.7 Å². The van der Waals surface area contributed by atoms with Crippen LogP contribution in [0.1, 0.15) is 11.1 Å². The number of rotatable bonds is 5. The van der Waals surface area contributed by atoms with Gasteiger partial charge in [-0.1, -0.05) is 54.1 Å². The molecule has 0 aromatic heterocycles. The highest BCUT2D eigenvalue weighted by molar-refractivity contribution is 14.0. The Kier molecular flexibility index (Phi) is 8.15. The van der Waals surface area contributed by atoms with Crippen LogP contribution >= 0.6 is 35.6 Å². The molecule has 112 valence electrons. The third-order valence-corrected chi connectivity index (χ3v) is 3.12. The Balaban J connectivity index is 0.00000220. The van der Waals surface area contributed by atoms with Crippen molar-refractivity contribution in [3.8, 4) is 0 Å². The van der Waals surface area contributed by atoms with Gasteiger partial charge in [0.05, 0.1) is 6.54 Å². The van der Waals surface area contributed by atoms with Crippen LogP contribution in [0.25, 0.3) is 0 Å². The van der Waals surface area contributed by atoms with E-state index in [0.29, 0.717) is 17.5 Å². The van der Waals surface area contributed by atoms with Gasteiger partial charge in [0, 0.05) is 11.6 Å². The van der Waals surface area contributed by atoms with E-state index in [2.05, 4.69) is 22.4 Å². The van der Waals surface area contributed by atoms with E-state index in [-0.39, 0.29) is 24.0 Å². The van der Waals surface area contributed by atoms with Crippen molar-refractivity contribution in [3.05, 3.63) is 70.7 Å². The number of hydrogen-bond acceptors (Lipinski definition) is 1. The second-order valence-electron chi connectivity index (χ2n) is 4.49. The van der Waals surface area contributed by atoms with Crippen molar-refractivity contribution >= 4 is 41.5 Å². The standard InChI is InChI=1S/C16H18ClN3.HI/c17-15-8-4-7-14(11-15)12-20-16(18)19-10-9-13-5-2-1-3-6-13;/h1-8,11H,9-10,12H2,(H3,18,19,20);1H. The molecular formula is C16H19ClIN3. The SMILES string of the molecule is I.NC(=NCc1cccc(Cl)c1)NCCc1ccccc1. The summed E-state index contributed by atoms with van der Waals surface area (Å²) in [7, 11) is 0. The van der Waals surface area contributed by atoms with Crippen molar-refractivity contribution in [3.63, 3.8) is 0 Å². The van der Waals surface area contributed by atoms with Crippen LogP contribution in [0.15, 0.2) is 59.6 Å². The van der Waals surface area contributed by atoms with Gasteiger partial charge in [-0.25, -0.2) is 4.99 Å². The maximum Gasteiger partial charge on any atom is 0.188 e. The molecular weight excluding hydrogens is 397 g/mol. The molecule has 0 radical (unpaired) electrons. The average Bonchev–Trinajstić information content (AvgIpc) is 2.46. The van der Waals surface area contributed by atoms with Crippen molar-refractivity contribution < 1.29 is 0 Å². The number of aliphatic imine (C=N–C) groups is 1. The zero-order valence-corrected chi connectivity index (χ0v) is 14.7. The van der Waals surface area contributed by atoms with Gasteiger partial charge in [-0.05, 0) is 29.7 Å². The van der Waals surface area contributed by atoms with Gasteiger partial charge < -0.3 is 11.1 Å². The van der Waals surface area contributed by atoms with Gasteiger partial charge in [0.2, 0.25) is 0 Å². The molecule has 0 heterocycles. The summed E-state index contributed by atoms with van der Waals surface area (Å²) in [5, 5.41) is 3.83. The van der Waals surface area contributed by atoms with Gasteiger partial charge in [0.25, 0.3) is 0 Å². The quantitative estimate of drug-likeness (QED) is 0.445. The number of nitrogens with zero attached hydrogens (tertiary/aromatic N) is 1. The normalized spacial score (nSPS) is 10.8. The maximum absolute atomic E-state index is 5.92. The minimum absolute atomic E-state index is 0. The summed E-state index contributed by atoms with van der Waals surface area (Å²) in [5.74, 6) is 0.459. The van der Waals surface area contributed by atoms with Crippen LogP contribution in [0, 0.1) is 0 Å². The maximum atomic E-state index is 5.92. The summed E-state index contributed by atoms with van der Waals surface area (Å²) in [4.78, 5) is 4.29. The van der Waals surface area contributed by atoms with E-state index in [1.807, 2.05) is 42.5 Å². The lowest BCUT2D eigenvalue weighted by Gasteiger charge is -2.06. The second kappa shape index (κ2) is 9.63. The second-order valence-corrected chi connectivity index (χ2v) is 4.93. The Labute approximate surface area is 147 Å². The van der Waals surface area contributed by atoms with Gasteiger partial charge in [-0.3, -0.25) is 0 Å². The minimum Gasteiger partial charge on any atom is -0.370 e. The number of guanidine groups is 1. The molecule has 3 nitrogen and oxygen atoms in total. The number of benzene rings is 2. The number of halogens is 2. The summed E-state index contributed by atoms with van der Waals surface area (Å²) in [6, 6.07) is 17.9. The van der Waals surface area contributed by atoms with Crippen molar-refractivity contribution in [1.82, 2.24) is 5.32 Å². The molecule has 0 fully saturated rings. The molecule has 0 spiro atoms. The van der Waals surface area contributed by atoms with Gasteiger partial charge in [0.15, 0.2) is 5.96 Å². The molecule has 0 saturated carbocycles.